The van der Waals surface area contributed by atoms with Crippen LogP contribution in [0.1, 0.15) is 70.4 Å². The summed E-state index contributed by atoms with van der Waals surface area (Å²) in [5.74, 6) is -1.52. The molecule has 9 N–H and O–H groups in total. The number of phenolic OH excluding ortho intramolecular Hbond substituents is 1. The summed E-state index contributed by atoms with van der Waals surface area (Å²) in [6.07, 6.45) is 7.00. The SMILES string of the molecule is CC(C)(C)CCCC(=O)O.NC(=O)C(Cc1c[nH]c2ccccc12)NC(=O)CCc1ccc(O)cc1.NC(=O)C1CCCN1. The van der Waals surface area contributed by atoms with Crippen molar-refractivity contribution in [2.75, 3.05) is 6.54 Å². The number of aromatic nitrogens is 1. The molecule has 2 heterocycles. The van der Waals surface area contributed by atoms with E-state index in [4.69, 9.17) is 16.6 Å². The molecular formula is C33H47N5O6. The number of nitrogens with two attached hydrogens (primary N) is 2. The lowest BCUT2D eigenvalue weighted by Crippen LogP contribution is -2.45. The van der Waals surface area contributed by atoms with Crippen LogP contribution in [-0.4, -0.2) is 57.5 Å². The van der Waals surface area contributed by atoms with Gasteiger partial charge >= 0.3 is 5.97 Å². The highest BCUT2D eigenvalue weighted by Crippen LogP contribution is 2.21. The highest BCUT2D eigenvalue weighted by Gasteiger charge is 2.20. The molecule has 240 valence electrons. The van der Waals surface area contributed by atoms with E-state index in [0.717, 1.165) is 54.3 Å². The Bertz CT molecular complexity index is 1360. The molecule has 4 rings (SSSR count). The predicted molar refractivity (Wildman–Crippen MR) is 171 cm³/mol. The van der Waals surface area contributed by atoms with E-state index < -0.39 is 17.9 Å². The first-order valence-corrected chi connectivity index (χ1v) is 14.9. The Morgan fingerprint density at radius 3 is 2.25 bits per heavy atom. The van der Waals surface area contributed by atoms with Crippen molar-refractivity contribution in [3.63, 3.8) is 0 Å². The Labute approximate surface area is 258 Å². The number of para-hydroxylation sites is 1. The number of hydrogen-bond donors (Lipinski definition) is 7. The minimum Gasteiger partial charge on any atom is -0.508 e. The van der Waals surface area contributed by atoms with Gasteiger partial charge in [-0.05, 0) is 73.4 Å². The number of H-pyrrole nitrogens is 1. The number of benzene rings is 2. The summed E-state index contributed by atoms with van der Waals surface area (Å²) in [5, 5.41) is 24.3. The molecule has 3 amide bonds. The number of carboxylic acid groups (broad SMARTS) is 1. The number of phenols is 1. The highest BCUT2D eigenvalue weighted by atomic mass is 16.4. The van der Waals surface area contributed by atoms with Crippen molar-refractivity contribution in [1.29, 1.82) is 0 Å². The van der Waals surface area contributed by atoms with Crippen LogP contribution < -0.4 is 22.1 Å². The third-order valence-electron chi connectivity index (χ3n) is 7.08. The molecule has 1 aliphatic heterocycles. The Morgan fingerprint density at radius 2 is 1.70 bits per heavy atom. The van der Waals surface area contributed by atoms with Crippen LogP contribution in [0.4, 0.5) is 0 Å². The molecule has 11 heteroatoms. The molecule has 1 fully saturated rings. The van der Waals surface area contributed by atoms with Gasteiger partial charge in [-0.3, -0.25) is 19.2 Å². The number of aliphatic carboxylic acids is 1. The number of carbonyl (C=O) groups excluding carboxylic acids is 3. The van der Waals surface area contributed by atoms with Gasteiger partial charge in [-0.1, -0.05) is 51.1 Å². The fourth-order valence-corrected chi connectivity index (χ4v) is 4.63. The number of aromatic amines is 1. The van der Waals surface area contributed by atoms with Gasteiger partial charge in [0.1, 0.15) is 11.8 Å². The summed E-state index contributed by atoms with van der Waals surface area (Å²) in [4.78, 5) is 47.6. The second-order valence-corrected chi connectivity index (χ2v) is 12.1. The van der Waals surface area contributed by atoms with Gasteiger partial charge in [0.15, 0.2) is 0 Å². The summed E-state index contributed by atoms with van der Waals surface area (Å²) in [6.45, 7) is 7.30. The summed E-state index contributed by atoms with van der Waals surface area (Å²) in [6, 6.07) is 13.7. The normalized spacial score (nSPS) is 14.8. The zero-order chi connectivity index (χ0) is 32.7. The molecule has 0 saturated carbocycles. The molecule has 1 saturated heterocycles. The number of nitrogens with one attached hydrogen (secondary N) is 3. The number of amides is 3. The van der Waals surface area contributed by atoms with Crippen LogP contribution in [0, 0.1) is 5.41 Å². The van der Waals surface area contributed by atoms with Gasteiger partial charge in [0, 0.05) is 36.4 Å². The van der Waals surface area contributed by atoms with Crippen molar-refractivity contribution >= 4 is 34.6 Å². The molecule has 1 aromatic heterocycles. The van der Waals surface area contributed by atoms with Crippen molar-refractivity contribution in [3.05, 3.63) is 65.9 Å². The highest BCUT2D eigenvalue weighted by molar-refractivity contribution is 5.88. The maximum Gasteiger partial charge on any atom is 0.303 e. The fourth-order valence-electron chi connectivity index (χ4n) is 4.63. The first kappa shape index (κ1) is 35.8. The van der Waals surface area contributed by atoms with Crippen molar-refractivity contribution in [3.8, 4) is 5.75 Å². The molecule has 2 atom stereocenters. The number of fused-ring (bicyclic) bond motifs is 1. The Kier molecular flexibility index (Phi) is 14.4. The molecule has 0 spiro atoms. The van der Waals surface area contributed by atoms with E-state index >= 15 is 0 Å². The van der Waals surface area contributed by atoms with E-state index in [0.29, 0.717) is 19.3 Å². The fraction of sp³-hybridized carbons (Fsp3) is 0.455. The van der Waals surface area contributed by atoms with E-state index in [1.54, 1.807) is 24.3 Å². The van der Waals surface area contributed by atoms with Crippen molar-refractivity contribution in [1.82, 2.24) is 15.6 Å². The predicted octanol–water partition coefficient (Wildman–Crippen LogP) is 3.53. The standard InChI is InChI=1S/C20H21N3O3.C8H16O2.C5H10N2O/c21-20(26)18(11-14-12-22-17-4-2-1-3-16(14)17)23-19(25)10-7-13-5-8-15(24)9-6-13;1-8(2,3)6-4-5-7(9)10;6-5(8)4-2-1-3-7-4/h1-6,8-9,12,18,22,24H,7,10-11H2,(H2,21,26)(H,23,25);4-6H2,1-3H3,(H,9,10);4,7H,1-3H2,(H2,6,8). The second kappa shape index (κ2) is 17.7. The average Bonchev–Trinajstić information content (AvgIpc) is 3.63. The summed E-state index contributed by atoms with van der Waals surface area (Å²) >= 11 is 0. The van der Waals surface area contributed by atoms with Crippen LogP contribution in [0.25, 0.3) is 10.9 Å². The number of aromatic hydroxyl groups is 1. The van der Waals surface area contributed by atoms with Gasteiger partial charge in [0.25, 0.3) is 0 Å². The molecule has 11 nitrogen and oxygen atoms in total. The number of aryl methyl sites for hydroxylation is 1. The van der Waals surface area contributed by atoms with Crippen molar-refractivity contribution < 1.29 is 29.4 Å². The first-order valence-electron chi connectivity index (χ1n) is 14.9. The number of rotatable bonds is 11. The molecular weight excluding hydrogens is 562 g/mol. The first-order chi connectivity index (χ1) is 20.7. The minimum atomic E-state index is -0.762. The largest absolute Gasteiger partial charge is 0.508 e. The van der Waals surface area contributed by atoms with Crippen LogP contribution in [0.3, 0.4) is 0 Å². The Hall–Kier alpha value is -4.38. The number of hydrogen-bond acceptors (Lipinski definition) is 6. The van der Waals surface area contributed by atoms with Crippen LogP contribution in [0.5, 0.6) is 5.75 Å². The van der Waals surface area contributed by atoms with Gasteiger partial charge in [0.05, 0.1) is 6.04 Å². The van der Waals surface area contributed by atoms with E-state index in [2.05, 4.69) is 36.4 Å². The van der Waals surface area contributed by atoms with Crippen molar-refractivity contribution in [2.24, 2.45) is 16.9 Å². The third kappa shape index (κ3) is 13.7. The number of primary amides is 2. The zero-order valence-corrected chi connectivity index (χ0v) is 25.9. The third-order valence-corrected chi connectivity index (χ3v) is 7.08. The molecule has 3 aromatic rings. The molecule has 2 unspecified atom stereocenters. The summed E-state index contributed by atoms with van der Waals surface area (Å²) in [5.41, 5.74) is 13.6. The van der Waals surface area contributed by atoms with Crippen LogP contribution in [0.2, 0.25) is 0 Å². The maximum absolute atomic E-state index is 12.2. The van der Waals surface area contributed by atoms with E-state index in [9.17, 15) is 24.3 Å². The monoisotopic (exact) mass is 609 g/mol. The zero-order valence-electron chi connectivity index (χ0n) is 25.9. The lowest BCUT2D eigenvalue weighted by atomic mass is 9.90. The van der Waals surface area contributed by atoms with E-state index in [1.165, 1.54) is 0 Å². The van der Waals surface area contributed by atoms with Crippen molar-refractivity contribution in [2.45, 2.75) is 84.2 Å². The summed E-state index contributed by atoms with van der Waals surface area (Å²) < 4.78 is 0. The molecule has 44 heavy (non-hydrogen) atoms. The van der Waals surface area contributed by atoms with Crippen LogP contribution in [-0.2, 0) is 32.0 Å². The van der Waals surface area contributed by atoms with E-state index in [1.807, 2.05) is 30.5 Å². The lowest BCUT2D eigenvalue weighted by molar-refractivity contribution is -0.137. The minimum absolute atomic E-state index is 0.0463. The molecule has 0 radical (unpaired) electrons. The van der Waals surface area contributed by atoms with Gasteiger partial charge in [-0.15, -0.1) is 0 Å². The van der Waals surface area contributed by atoms with Gasteiger partial charge < -0.3 is 37.3 Å². The Morgan fingerprint density at radius 1 is 1.02 bits per heavy atom. The van der Waals surface area contributed by atoms with Gasteiger partial charge in [-0.25, -0.2) is 0 Å². The number of carboxylic acids is 1. The molecule has 0 bridgehead atoms. The van der Waals surface area contributed by atoms with Crippen LogP contribution in [0.15, 0.2) is 54.7 Å². The summed E-state index contributed by atoms with van der Waals surface area (Å²) in [7, 11) is 0. The molecule has 0 aliphatic carbocycles. The average molecular weight is 610 g/mol. The smallest absolute Gasteiger partial charge is 0.303 e. The topological polar surface area (TPSA) is 201 Å². The van der Waals surface area contributed by atoms with E-state index in [-0.39, 0.29) is 35.4 Å². The quantitative estimate of drug-likeness (QED) is 0.172. The second-order valence-electron chi connectivity index (χ2n) is 12.1. The maximum atomic E-state index is 12.2. The van der Waals surface area contributed by atoms with Gasteiger partial charge in [0.2, 0.25) is 17.7 Å². The lowest BCUT2D eigenvalue weighted by Gasteiger charge is -2.16. The molecule has 2 aromatic carbocycles. The van der Waals surface area contributed by atoms with Crippen LogP contribution >= 0.6 is 0 Å². The Balaban J connectivity index is 0.000000306. The number of carbonyl (C=O) groups is 4. The van der Waals surface area contributed by atoms with Gasteiger partial charge in [-0.2, -0.15) is 0 Å². The molecule has 1 aliphatic rings.